The molecular formula is C18H28ClN3OS. The van der Waals surface area contributed by atoms with Crippen LogP contribution in [0.3, 0.4) is 0 Å². The molecule has 4 nitrogen and oxygen atoms in total. The summed E-state index contributed by atoms with van der Waals surface area (Å²) in [5, 5.41) is 7.73. The average Bonchev–Trinajstić information content (AvgIpc) is 2.60. The minimum absolute atomic E-state index is 0.165. The molecule has 134 valence electrons. The van der Waals surface area contributed by atoms with Crippen LogP contribution < -0.4 is 10.6 Å². The summed E-state index contributed by atoms with van der Waals surface area (Å²) in [6, 6.07) is 8.08. The van der Waals surface area contributed by atoms with Crippen molar-refractivity contribution in [3.8, 4) is 0 Å². The molecule has 1 unspecified atom stereocenters. The zero-order valence-electron chi connectivity index (χ0n) is 14.8. The van der Waals surface area contributed by atoms with E-state index in [1.807, 2.05) is 43.1 Å². The number of hydrogen-bond donors (Lipinski definition) is 2. The third-order valence-corrected chi connectivity index (χ3v) is 6.09. The molecule has 1 aliphatic rings. The number of benzene rings is 1. The molecule has 0 amide bonds. The summed E-state index contributed by atoms with van der Waals surface area (Å²) in [7, 11) is 1.81. The highest BCUT2D eigenvalue weighted by molar-refractivity contribution is 8.00. The number of aliphatic imine (C=N–C) groups is 1. The third-order valence-electron chi connectivity index (χ3n) is 4.38. The van der Waals surface area contributed by atoms with E-state index in [4.69, 9.17) is 16.3 Å². The second-order valence-electron chi connectivity index (χ2n) is 6.07. The van der Waals surface area contributed by atoms with Crippen molar-refractivity contribution in [2.24, 2.45) is 4.99 Å². The lowest BCUT2D eigenvalue weighted by molar-refractivity contribution is 0.0782. The molecule has 1 saturated heterocycles. The largest absolute Gasteiger partial charge is 0.381 e. The minimum Gasteiger partial charge on any atom is -0.381 e. The van der Waals surface area contributed by atoms with Crippen LogP contribution in [-0.4, -0.2) is 43.3 Å². The van der Waals surface area contributed by atoms with Crippen LogP contribution in [0.2, 0.25) is 5.02 Å². The van der Waals surface area contributed by atoms with E-state index >= 15 is 0 Å². The van der Waals surface area contributed by atoms with E-state index in [2.05, 4.69) is 29.5 Å². The first-order valence-corrected chi connectivity index (χ1v) is 9.89. The Labute approximate surface area is 154 Å². The van der Waals surface area contributed by atoms with Crippen molar-refractivity contribution in [1.82, 2.24) is 10.6 Å². The van der Waals surface area contributed by atoms with Crippen LogP contribution in [0.1, 0.15) is 38.3 Å². The maximum absolute atomic E-state index is 5.96. The van der Waals surface area contributed by atoms with Gasteiger partial charge in [-0.05, 0) is 43.2 Å². The number of nitrogens with one attached hydrogen (secondary N) is 2. The predicted molar refractivity (Wildman–Crippen MR) is 105 cm³/mol. The highest BCUT2D eigenvalue weighted by atomic mass is 35.5. The summed E-state index contributed by atoms with van der Waals surface area (Å²) in [4.78, 5) is 4.37. The highest BCUT2D eigenvalue weighted by Gasteiger charge is 2.32. The summed E-state index contributed by atoms with van der Waals surface area (Å²) in [5.74, 6) is 1.95. The Hall–Kier alpha value is -0.910. The smallest absolute Gasteiger partial charge is 0.191 e. The van der Waals surface area contributed by atoms with Crippen LogP contribution >= 0.6 is 23.4 Å². The third kappa shape index (κ3) is 5.57. The Balaban J connectivity index is 1.92. The van der Waals surface area contributed by atoms with E-state index in [0.717, 1.165) is 49.3 Å². The fraction of sp³-hybridized carbons (Fsp3) is 0.611. The van der Waals surface area contributed by atoms with Gasteiger partial charge in [0.25, 0.3) is 0 Å². The number of rotatable bonds is 6. The highest BCUT2D eigenvalue weighted by Crippen LogP contribution is 2.34. The second-order valence-corrected chi connectivity index (χ2v) is 8.24. The summed E-state index contributed by atoms with van der Waals surface area (Å²) in [6.07, 6.45) is 2.17. The molecule has 6 heteroatoms. The Bertz CT molecular complexity index is 524. The normalized spacial score (nSPS) is 18.9. The van der Waals surface area contributed by atoms with Crippen LogP contribution in [0.25, 0.3) is 0 Å². The van der Waals surface area contributed by atoms with Gasteiger partial charge in [0.1, 0.15) is 0 Å². The van der Waals surface area contributed by atoms with E-state index in [1.54, 1.807) is 0 Å². The van der Waals surface area contributed by atoms with Crippen LogP contribution in [0.15, 0.2) is 29.3 Å². The molecule has 2 rings (SSSR count). The van der Waals surface area contributed by atoms with Gasteiger partial charge in [-0.3, -0.25) is 4.99 Å². The Kier molecular flexibility index (Phi) is 7.72. The molecule has 2 N–H and O–H groups in total. The van der Waals surface area contributed by atoms with Gasteiger partial charge in [-0.2, -0.15) is 11.8 Å². The molecular weight excluding hydrogens is 342 g/mol. The monoisotopic (exact) mass is 369 g/mol. The van der Waals surface area contributed by atoms with Gasteiger partial charge in [-0.15, -0.1) is 0 Å². The molecule has 1 aromatic rings. The van der Waals surface area contributed by atoms with Gasteiger partial charge in [0.2, 0.25) is 0 Å². The van der Waals surface area contributed by atoms with E-state index in [0.29, 0.717) is 0 Å². The number of nitrogens with zero attached hydrogens (tertiary/aromatic N) is 1. The molecule has 1 fully saturated rings. The van der Waals surface area contributed by atoms with Crippen molar-refractivity contribution >= 4 is 29.3 Å². The van der Waals surface area contributed by atoms with Crippen LogP contribution in [0.5, 0.6) is 0 Å². The topological polar surface area (TPSA) is 45.7 Å². The van der Waals surface area contributed by atoms with Gasteiger partial charge >= 0.3 is 0 Å². The van der Waals surface area contributed by atoms with E-state index in [-0.39, 0.29) is 10.8 Å². The van der Waals surface area contributed by atoms with Gasteiger partial charge in [0.15, 0.2) is 5.96 Å². The summed E-state index contributed by atoms with van der Waals surface area (Å²) < 4.78 is 5.78. The van der Waals surface area contributed by atoms with Gasteiger partial charge in [-0.1, -0.05) is 30.7 Å². The zero-order chi connectivity index (χ0) is 17.4. The van der Waals surface area contributed by atoms with Crippen LogP contribution in [-0.2, 0) is 4.74 Å². The fourth-order valence-electron chi connectivity index (χ4n) is 2.90. The van der Waals surface area contributed by atoms with Crippen molar-refractivity contribution < 1.29 is 4.74 Å². The molecule has 0 aliphatic carbocycles. The maximum atomic E-state index is 5.96. The summed E-state index contributed by atoms with van der Waals surface area (Å²) in [6.45, 7) is 6.95. The number of guanidine groups is 1. The molecule has 1 aliphatic heterocycles. The Morgan fingerprint density at radius 3 is 2.58 bits per heavy atom. The Morgan fingerprint density at radius 1 is 1.33 bits per heavy atom. The number of halogens is 1. The minimum atomic E-state index is 0.165. The second kappa shape index (κ2) is 9.54. The lowest BCUT2D eigenvalue weighted by Crippen LogP contribution is -2.48. The number of thioether (sulfide) groups is 1. The SMILES string of the molecule is CCSC1(CNC(=NC)NC(C)c2ccc(Cl)cc2)CCOCC1. The number of ether oxygens (including phenoxy) is 1. The maximum Gasteiger partial charge on any atom is 0.191 e. The number of hydrogen-bond acceptors (Lipinski definition) is 3. The van der Waals surface area contributed by atoms with Crippen molar-refractivity contribution in [2.75, 3.05) is 32.6 Å². The molecule has 1 aromatic carbocycles. The van der Waals surface area contributed by atoms with Crippen molar-refractivity contribution in [3.63, 3.8) is 0 Å². The average molecular weight is 370 g/mol. The van der Waals surface area contributed by atoms with Crippen LogP contribution in [0, 0.1) is 0 Å². The molecule has 0 spiro atoms. The molecule has 1 atom stereocenters. The van der Waals surface area contributed by atoms with E-state index < -0.39 is 0 Å². The van der Waals surface area contributed by atoms with Gasteiger partial charge in [-0.25, -0.2) is 0 Å². The molecule has 0 bridgehead atoms. The first kappa shape index (κ1) is 19.4. The first-order chi connectivity index (χ1) is 11.6. The predicted octanol–water partition coefficient (Wildman–Crippen LogP) is 3.87. The van der Waals surface area contributed by atoms with Crippen molar-refractivity contribution in [1.29, 1.82) is 0 Å². The summed E-state index contributed by atoms with van der Waals surface area (Å²) >= 11 is 7.99. The molecule has 1 heterocycles. The van der Waals surface area contributed by atoms with E-state index in [1.165, 1.54) is 5.56 Å². The standard InChI is InChI=1S/C18H28ClN3OS/c1-4-24-18(9-11-23-12-10-18)13-21-17(20-3)22-14(2)15-5-7-16(19)8-6-15/h5-8,14H,4,9-13H2,1-3H3,(H2,20,21,22). The Morgan fingerprint density at radius 2 is 2.00 bits per heavy atom. The summed E-state index contributed by atoms with van der Waals surface area (Å²) in [5.41, 5.74) is 1.19. The zero-order valence-corrected chi connectivity index (χ0v) is 16.3. The van der Waals surface area contributed by atoms with Gasteiger partial charge in [0.05, 0.1) is 6.04 Å². The fourth-order valence-corrected chi connectivity index (χ4v) is 4.27. The quantitative estimate of drug-likeness (QED) is 0.590. The van der Waals surface area contributed by atoms with Crippen molar-refractivity contribution in [3.05, 3.63) is 34.9 Å². The van der Waals surface area contributed by atoms with Crippen molar-refractivity contribution in [2.45, 2.75) is 37.5 Å². The lowest BCUT2D eigenvalue weighted by Gasteiger charge is -2.37. The van der Waals surface area contributed by atoms with Gasteiger partial charge < -0.3 is 15.4 Å². The van der Waals surface area contributed by atoms with Crippen LogP contribution in [0.4, 0.5) is 0 Å². The lowest BCUT2D eigenvalue weighted by atomic mass is 9.99. The van der Waals surface area contributed by atoms with Gasteiger partial charge in [0, 0.05) is 36.6 Å². The molecule has 0 radical (unpaired) electrons. The first-order valence-electron chi connectivity index (χ1n) is 8.53. The molecule has 24 heavy (non-hydrogen) atoms. The van der Waals surface area contributed by atoms with E-state index in [9.17, 15) is 0 Å². The molecule has 0 saturated carbocycles. The molecule has 0 aromatic heterocycles.